The molecule has 9 nitrogen and oxygen atoms in total. The zero-order valence-corrected chi connectivity index (χ0v) is 23.3. The summed E-state index contributed by atoms with van der Waals surface area (Å²) in [6, 6.07) is 3.87. The number of hydrogen-bond acceptors (Lipinski definition) is 6. The predicted molar refractivity (Wildman–Crippen MR) is 147 cm³/mol. The lowest BCUT2D eigenvalue weighted by molar-refractivity contribution is 0.145. The molecule has 1 saturated heterocycles. The summed E-state index contributed by atoms with van der Waals surface area (Å²) in [4.78, 5) is 16.8. The number of carbonyl (C=O) groups is 1. The quantitative estimate of drug-likeness (QED) is 0.600. The summed E-state index contributed by atoms with van der Waals surface area (Å²) in [5.74, 6) is 0. The molecular weight excluding hydrogens is 516 g/mol. The monoisotopic (exact) mass is 553 g/mol. The number of benzene rings is 1. The van der Waals surface area contributed by atoms with Crippen molar-refractivity contribution in [3.05, 3.63) is 46.9 Å². The van der Waals surface area contributed by atoms with Crippen molar-refractivity contribution >= 4 is 11.7 Å². The maximum Gasteiger partial charge on any atom is 0.317 e. The standard InChI is InChI=1S/C29H37F2N7O2/c1-28(37-8-4-5-18-11-20(19-14-33-35(3)15-19)21(26(30)31)12-24(18)37)22-16-36(27(39)32-2)9-6-23(22)38(34-28)25-13-29(25)7-10-40-17-29/h11-12,14-15,25-26,34H,4-10,13,16-17H2,1-3H3,(H,32,39)/t25?,28?,29-/m1/s1. The highest BCUT2D eigenvalue weighted by molar-refractivity contribution is 5.76. The van der Waals surface area contributed by atoms with E-state index < -0.39 is 12.1 Å². The maximum absolute atomic E-state index is 14.5. The first-order chi connectivity index (χ1) is 19.2. The summed E-state index contributed by atoms with van der Waals surface area (Å²) >= 11 is 0. The van der Waals surface area contributed by atoms with E-state index in [9.17, 15) is 13.6 Å². The normalized spacial score (nSPS) is 29.4. The first-order valence-electron chi connectivity index (χ1n) is 14.3. The van der Waals surface area contributed by atoms with Crippen molar-refractivity contribution in [1.82, 2.24) is 30.4 Å². The Hall–Kier alpha value is -3.18. The lowest BCUT2D eigenvalue weighted by Gasteiger charge is -2.46. The number of halogens is 2. The molecule has 2 aromatic rings. The number of hydrogen-bond donors (Lipinski definition) is 2. The summed E-state index contributed by atoms with van der Waals surface area (Å²) in [5.41, 5.74) is 8.94. The van der Waals surface area contributed by atoms with Crippen LogP contribution in [0.15, 0.2) is 35.8 Å². The Labute approximate surface area is 233 Å². The molecule has 1 aromatic heterocycles. The molecule has 1 aromatic carbocycles. The topological polar surface area (TPSA) is 77.9 Å². The summed E-state index contributed by atoms with van der Waals surface area (Å²) < 4.78 is 36.5. The maximum atomic E-state index is 14.5. The Morgan fingerprint density at radius 1 is 1.27 bits per heavy atom. The van der Waals surface area contributed by atoms with Crippen molar-refractivity contribution in [1.29, 1.82) is 0 Å². The Bertz CT molecular complexity index is 1380. The number of amides is 2. The highest BCUT2D eigenvalue weighted by Crippen LogP contribution is 2.58. The summed E-state index contributed by atoms with van der Waals surface area (Å²) in [6.07, 6.45) is 5.44. The minimum atomic E-state index is -2.62. The van der Waals surface area contributed by atoms with Crippen molar-refractivity contribution < 1.29 is 18.3 Å². The van der Waals surface area contributed by atoms with E-state index >= 15 is 0 Å². The number of nitrogens with one attached hydrogen (secondary N) is 2. The van der Waals surface area contributed by atoms with E-state index in [1.807, 2.05) is 11.0 Å². The molecule has 11 heteroatoms. The minimum Gasteiger partial charge on any atom is -0.381 e. The van der Waals surface area contributed by atoms with Gasteiger partial charge in [0.25, 0.3) is 6.43 Å². The van der Waals surface area contributed by atoms with Gasteiger partial charge in [-0.25, -0.2) is 19.0 Å². The average molecular weight is 554 g/mol. The van der Waals surface area contributed by atoms with E-state index in [4.69, 9.17) is 4.74 Å². The highest BCUT2D eigenvalue weighted by atomic mass is 19.3. The van der Waals surface area contributed by atoms with Gasteiger partial charge in [-0.3, -0.25) is 4.68 Å². The van der Waals surface area contributed by atoms with Gasteiger partial charge in [0.2, 0.25) is 0 Å². The van der Waals surface area contributed by atoms with Crippen molar-refractivity contribution in [2.45, 2.75) is 57.2 Å². The second kappa shape index (κ2) is 9.17. The van der Waals surface area contributed by atoms with Gasteiger partial charge in [-0.05, 0) is 55.9 Å². The molecule has 2 N–H and O–H groups in total. The van der Waals surface area contributed by atoms with Crippen molar-refractivity contribution in [2.24, 2.45) is 12.5 Å². The third kappa shape index (κ3) is 3.84. The second-order valence-corrected chi connectivity index (χ2v) is 12.1. The predicted octanol–water partition coefficient (Wildman–Crippen LogP) is 3.79. The van der Waals surface area contributed by atoms with Gasteiger partial charge in [0, 0.05) is 86.5 Å². The van der Waals surface area contributed by atoms with Crippen LogP contribution < -0.4 is 15.6 Å². The Kier molecular flexibility index (Phi) is 5.91. The SMILES string of the molecule is CNC(=O)N1CCC2=C(C1)C(C)(N1CCCc3cc(-c4cnn(C)c4)c(C(F)F)cc31)NN2C1C[C@@]12CCOC2. The molecule has 2 unspecified atom stereocenters. The first kappa shape index (κ1) is 25.8. The molecule has 5 heterocycles. The number of alkyl halides is 2. The Balaban J connectivity index is 1.30. The second-order valence-electron chi connectivity index (χ2n) is 12.1. The first-order valence-corrected chi connectivity index (χ1v) is 14.3. The van der Waals surface area contributed by atoms with Crippen LogP contribution in [0, 0.1) is 5.41 Å². The molecule has 2 amide bonds. The Morgan fingerprint density at radius 3 is 2.83 bits per heavy atom. The molecule has 2 fully saturated rings. The molecule has 1 aliphatic carbocycles. The lowest BCUT2D eigenvalue weighted by Crippen LogP contribution is -2.61. The molecule has 214 valence electrons. The Morgan fingerprint density at radius 2 is 2.12 bits per heavy atom. The van der Waals surface area contributed by atoms with Gasteiger partial charge in [-0.15, -0.1) is 0 Å². The fourth-order valence-corrected chi connectivity index (χ4v) is 7.49. The van der Waals surface area contributed by atoms with Crippen LogP contribution >= 0.6 is 0 Å². The molecule has 3 atom stereocenters. The fraction of sp³-hybridized carbons (Fsp3) is 0.586. The number of anilines is 1. The number of carbonyl (C=O) groups excluding carboxylic acids is 1. The van der Waals surface area contributed by atoms with Crippen molar-refractivity contribution in [3.63, 3.8) is 0 Å². The van der Waals surface area contributed by atoms with Gasteiger partial charge in [-0.1, -0.05) is 0 Å². The number of ether oxygens (including phenoxy) is 1. The van der Waals surface area contributed by atoms with Gasteiger partial charge >= 0.3 is 6.03 Å². The van der Waals surface area contributed by atoms with Crippen LogP contribution in [-0.2, 0) is 18.2 Å². The van der Waals surface area contributed by atoms with E-state index in [1.54, 1.807) is 37.2 Å². The van der Waals surface area contributed by atoms with Crippen molar-refractivity contribution in [3.8, 4) is 11.1 Å². The molecule has 40 heavy (non-hydrogen) atoms. The molecule has 7 rings (SSSR count). The zero-order valence-electron chi connectivity index (χ0n) is 23.3. The molecule has 0 radical (unpaired) electrons. The van der Waals surface area contributed by atoms with Crippen LogP contribution in [0.1, 0.15) is 50.2 Å². The summed E-state index contributed by atoms with van der Waals surface area (Å²) in [5, 5.41) is 9.36. The van der Waals surface area contributed by atoms with Gasteiger partial charge in [0.1, 0.15) is 5.66 Å². The van der Waals surface area contributed by atoms with E-state index in [0.717, 1.165) is 68.7 Å². The van der Waals surface area contributed by atoms with Gasteiger partial charge < -0.3 is 24.9 Å². The zero-order chi connectivity index (χ0) is 27.8. The van der Waals surface area contributed by atoms with E-state index in [-0.39, 0.29) is 17.0 Å². The van der Waals surface area contributed by atoms with Crippen LogP contribution in [0.5, 0.6) is 0 Å². The van der Waals surface area contributed by atoms with Gasteiger partial charge in [0.05, 0.1) is 18.8 Å². The molecular formula is C29H37F2N7O2. The van der Waals surface area contributed by atoms with E-state index in [2.05, 4.69) is 32.7 Å². The molecule has 1 saturated carbocycles. The van der Waals surface area contributed by atoms with Crippen LogP contribution in [0.2, 0.25) is 0 Å². The number of hydrazine groups is 1. The molecule has 1 spiro atoms. The van der Waals surface area contributed by atoms with Crippen LogP contribution in [0.25, 0.3) is 11.1 Å². The fourth-order valence-electron chi connectivity index (χ4n) is 7.49. The third-order valence-corrected chi connectivity index (χ3v) is 9.79. The minimum absolute atomic E-state index is 0.0196. The average Bonchev–Trinajstić information content (AvgIpc) is 3.25. The van der Waals surface area contributed by atoms with E-state index in [1.165, 1.54) is 5.70 Å². The number of rotatable bonds is 4. The van der Waals surface area contributed by atoms with Crippen molar-refractivity contribution in [2.75, 3.05) is 44.8 Å². The highest BCUT2D eigenvalue weighted by Gasteiger charge is 2.63. The summed E-state index contributed by atoms with van der Waals surface area (Å²) in [6.45, 7) is 5.60. The number of fused-ring (bicyclic) bond motifs is 1. The number of nitrogens with zero attached hydrogens (tertiary/aromatic N) is 5. The smallest absolute Gasteiger partial charge is 0.317 e. The van der Waals surface area contributed by atoms with E-state index in [0.29, 0.717) is 30.3 Å². The lowest BCUT2D eigenvalue weighted by atomic mass is 9.88. The molecule has 5 aliphatic rings. The summed E-state index contributed by atoms with van der Waals surface area (Å²) in [7, 11) is 3.45. The van der Waals surface area contributed by atoms with Crippen LogP contribution in [-0.4, -0.2) is 77.3 Å². The third-order valence-electron chi connectivity index (χ3n) is 9.79. The number of urea groups is 1. The van der Waals surface area contributed by atoms with Gasteiger partial charge in [-0.2, -0.15) is 5.10 Å². The van der Waals surface area contributed by atoms with Gasteiger partial charge in [0.15, 0.2) is 0 Å². The number of aryl methyl sites for hydroxylation is 2. The van der Waals surface area contributed by atoms with Crippen LogP contribution in [0.3, 0.4) is 0 Å². The number of aromatic nitrogens is 2. The largest absolute Gasteiger partial charge is 0.381 e. The van der Waals surface area contributed by atoms with Crippen LogP contribution in [0.4, 0.5) is 19.3 Å². The molecule has 0 bridgehead atoms. The molecule has 4 aliphatic heterocycles.